The first-order chi connectivity index (χ1) is 12.8. The molecule has 1 N–H and O–H groups in total. The van der Waals surface area contributed by atoms with Crippen LogP contribution in [0.2, 0.25) is 0 Å². The molecule has 1 heterocycles. The van der Waals surface area contributed by atoms with E-state index in [4.69, 9.17) is 4.99 Å². The fraction of sp³-hybridized carbons (Fsp3) is 0.0455. The molecule has 0 fully saturated rings. The van der Waals surface area contributed by atoms with Crippen molar-refractivity contribution in [2.75, 3.05) is 0 Å². The lowest BCUT2D eigenvalue weighted by atomic mass is 9.84. The molecule has 4 nitrogen and oxygen atoms in total. The molecule has 1 unspecified atom stereocenters. The van der Waals surface area contributed by atoms with Crippen molar-refractivity contribution in [3.63, 3.8) is 0 Å². The van der Waals surface area contributed by atoms with Gasteiger partial charge in [-0.1, -0.05) is 60.7 Å². The molecule has 0 bridgehead atoms. The molecule has 1 aliphatic rings. The lowest BCUT2D eigenvalue weighted by molar-refractivity contribution is 0.474. The number of phenolic OH excluding ortho intramolecular Hbond substituents is 1. The molecule has 4 rings (SSSR count). The topological polar surface area (TPSA) is 57.3 Å². The summed E-state index contributed by atoms with van der Waals surface area (Å²) >= 11 is 0. The molecular weight excluding hydrogens is 322 g/mol. The van der Waals surface area contributed by atoms with Gasteiger partial charge in [-0.25, -0.2) is 0 Å². The summed E-state index contributed by atoms with van der Waals surface area (Å²) in [6.07, 6.45) is 3.74. The third kappa shape index (κ3) is 3.05. The van der Waals surface area contributed by atoms with Crippen LogP contribution in [0.4, 0.5) is 5.69 Å². The predicted octanol–water partition coefficient (Wildman–Crippen LogP) is 5.39. The molecule has 0 aliphatic carbocycles. The normalized spacial score (nSPS) is 19.0. The van der Waals surface area contributed by atoms with E-state index >= 15 is 0 Å². The summed E-state index contributed by atoms with van der Waals surface area (Å²) < 4.78 is 0. The smallest absolute Gasteiger partial charge is 0.131 e. The number of aromatic hydroxyl groups is 1. The van der Waals surface area contributed by atoms with E-state index in [1.54, 1.807) is 18.3 Å². The Morgan fingerprint density at radius 3 is 2.00 bits per heavy atom. The number of nitrogens with zero attached hydrogens (tertiary/aromatic N) is 3. The van der Waals surface area contributed by atoms with Gasteiger partial charge in [0.1, 0.15) is 17.0 Å². The SMILES string of the molecule is Oc1ccc(C2(c3ccccc3)C=C(N=Nc3ccccc3)C=N2)cc1. The number of rotatable bonds is 4. The fourth-order valence-electron chi connectivity index (χ4n) is 3.01. The van der Waals surface area contributed by atoms with Crippen LogP contribution in [-0.4, -0.2) is 11.3 Å². The van der Waals surface area contributed by atoms with Crippen molar-refractivity contribution in [3.05, 3.63) is 108 Å². The number of hydrogen-bond donors (Lipinski definition) is 1. The molecule has 0 amide bonds. The molecule has 4 heteroatoms. The van der Waals surface area contributed by atoms with Gasteiger partial charge in [0.15, 0.2) is 0 Å². The van der Waals surface area contributed by atoms with Crippen molar-refractivity contribution in [1.29, 1.82) is 0 Å². The lowest BCUT2D eigenvalue weighted by Gasteiger charge is -2.25. The van der Waals surface area contributed by atoms with E-state index in [-0.39, 0.29) is 5.75 Å². The summed E-state index contributed by atoms with van der Waals surface area (Å²) in [7, 11) is 0. The average Bonchev–Trinajstić information content (AvgIpc) is 3.14. The Hall–Kier alpha value is -3.53. The second kappa shape index (κ2) is 6.76. The van der Waals surface area contributed by atoms with Crippen LogP contribution in [0.5, 0.6) is 5.75 Å². The summed E-state index contributed by atoms with van der Waals surface area (Å²) in [6.45, 7) is 0. The summed E-state index contributed by atoms with van der Waals surface area (Å²) in [5, 5.41) is 18.3. The largest absolute Gasteiger partial charge is 0.508 e. The van der Waals surface area contributed by atoms with Crippen LogP contribution in [0.25, 0.3) is 0 Å². The van der Waals surface area contributed by atoms with Crippen LogP contribution >= 0.6 is 0 Å². The van der Waals surface area contributed by atoms with Crippen LogP contribution in [-0.2, 0) is 5.54 Å². The first-order valence-electron chi connectivity index (χ1n) is 8.36. The van der Waals surface area contributed by atoms with Gasteiger partial charge >= 0.3 is 0 Å². The Bertz CT molecular complexity index is 977. The van der Waals surface area contributed by atoms with Crippen molar-refractivity contribution in [3.8, 4) is 5.75 Å². The molecule has 0 saturated heterocycles. The minimum absolute atomic E-state index is 0.229. The van der Waals surface area contributed by atoms with Crippen molar-refractivity contribution in [1.82, 2.24) is 0 Å². The summed E-state index contributed by atoms with van der Waals surface area (Å²) in [5.41, 5.74) is 2.82. The van der Waals surface area contributed by atoms with Gasteiger partial charge in [-0.15, -0.1) is 5.11 Å². The van der Waals surface area contributed by atoms with Gasteiger partial charge in [-0.2, -0.15) is 5.11 Å². The van der Waals surface area contributed by atoms with Crippen LogP contribution in [0.15, 0.2) is 112 Å². The highest BCUT2D eigenvalue weighted by atomic mass is 16.3. The van der Waals surface area contributed by atoms with Gasteiger partial charge in [0, 0.05) is 0 Å². The Labute approximate surface area is 151 Å². The number of hydrogen-bond acceptors (Lipinski definition) is 4. The number of aliphatic imine (C=N–C) groups is 1. The Morgan fingerprint density at radius 1 is 0.692 bits per heavy atom. The van der Waals surface area contributed by atoms with E-state index in [1.165, 1.54) is 0 Å². The number of benzene rings is 3. The molecular formula is C22H17N3O. The van der Waals surface area contributed by atoms with E-state index in [0.29, 0.717) is 5.70 Å². The van der Waals surface area contributed by atoms with E-state index in [2.05, 4.69) is 10.2 Å². The highest BCUT2D eigenvalue weighted by Gasteiger charge is 2.34. The summed E-state index contributed by atoms with van der Waals surface area (Å²) in [5.74, 6) is 0.229. The fourth-order valence-corrected chi connectivity index (χ4v) is 3.01. The van der Waals surface area contributed by atoms with Crippen LogP contribution in [0.3, 0.4) is 0 Å². The monoisotopic (exact) mass is 339 g/mol. The highest BCUT2D eigenvalue weighted by Crippen LogP contribution is 2.39. The molecule has 0 spiro atoms. The van der Waals surface area contributed by atoms with E-state index in [9.17, 15) is 5.11 Å². The minimum Gasteiger partial charge on any atom is -0.508 e. The first-order valence-corrected chi connectivity index (χ1v) is 8.36. The minimum atomic E-state index is -0.667. The maximum Gasteiger partial charge on any atom is 0.131 e. The van der Waals surface area contributed by atoms with E-state index < -0.39 is 5.54 Å². The first kappa shape index (κ1) is 16.0. The zero-order valence-electron chi connectivity index (χ0n) is 14.0. The second-order valence-corrected chi connectivity index (χ2v) is 6.04. The molecule has 0 aromatic heterocycles. The molecule has 1 aliphatic heterocycles. The third-order valence-electron chi connectivity index (χ3n) is 4.32. The standard InChI is InChI=1S/C22H17N3O/c26-21-13-11-18(12-14-21)22(17-7-3-1-4-8-17)15-20(16-23-22)25-24-19-9-5-2-6-10-19/h1-16,26H. The molecule has 126 valence electrons. The molecule has 1 atom stereocenters. The van der Waals surface area contributed by atoms with Crippen LogP contribution in [0.1, 0.15) is 11.1 Å². The van der Waals surface area contributed by atoms with Gasteiger partial charge < -0.3 is 5.11 Å². The lowest BCUT2D eigenvalue weighted by Crippen LogP contribution is -2.20. The zero-order chi connectivity index (χ0) is 17.8. The number of allylic oxidation sites excluding steroid dienone is 1. The van der Waals surface area contributed by atoms with E-state index in [0.717, 1.165) is 16.8 Å². The number of azo groups is 1. The summed E-state index contributed by atoms with van der Waals surface area (Å²) in [6, 6.07) is 26.8. The molecule has 3 aromatic rings. The van der Waals surface area contributed by atoms with E-state index in [1.807, 2.05) is 78.9 Å². The average molecular weight is 339 g/mol. The maximum absolute atomic E-state index is 9.63. The predicted molar refractivity (Wildman–Crippen MR) is 103 cm³/mol. The Morgan fingerprint density at radius 2 is 1.31 bits per heavy atom. The van der Waals surface area contributed by atoms with Gasteiger partial charge in [0.05, 0.1) is 11.9 Å². The number of phenols is 1. The Kier molecular flexibility index (Phi) is 4.15. The Balaban J connectivity index is 1.76. The zero-order valence-corrected chi connectivity index (χ0v) is 14.0. The van der Waals surface area contributed by atoms with Crippen molar-refractivity contribution < 1.29 is 5.11 Å². The second-order valence-electron chi connectivity index (χ2n) is 6.04. The quantitative estimate of drug-likeness (QED) is 0.637. The van der Waals surface area contributed by atoms with Gasteiger partial charge in [0.2, 0.25) is 0 Å². The van der Waals surface area contributed by atoms with Crippen molar-refractivity contribution in [2.45, 2.75) is 5.54 Å². The van der Waals surface area contributed by atoms with Crippen molar-refractivity contribution >= 4 is 11.9 Å². The molecule has 0 saturated carbocycles. The van der Waals surface area contributed by atoms with Crippen LogP contribution < -0.4 is 0 Å². The maximum atomic E-state index is 9.63. The molecule has 26 heavy (non-hydrogen) atoms. The van der Waals surface area contributed by atoms with Crippen LogP contribution in [0, 0.1) is 0 Å². The van der Waals surface area contributed by atoms with Crippen molar-refractivity contribution in [2.24, 2.45) is 15.2 Å². The molecule has 3 aromatic carbocycles. The summed E-state index contributed by atoms with van der Waals surface area (Å²) in [4.78, 5) is 4.78. The van der Waals surface area contributed by atoms with Gasteiger partial charge in [0.25, 0.3) is 0 Å². The third-order valence-corrected chi connectivity index (χ3v) is 4.32. The van der Waals surface area contributed by atoms with Gasteiger partial charge in [-0.05, 0) is 41.5 Å². The highest BCUT2D eigenvalue weighted by molar-refractivity contribution is 5.83. The van der Waals surface area contributed by atoms with Gasteiger partial charge in [-0.3, -0.25) is 4.99 Å². The molecule has 0 radical (unpaired) electrons.